The molecule has 2 atom stereocenters. The fourth-order valence-electron chi connectivity index (χ4n) is 3.56. The molecule has 0 aromatic carbocycles. The van der Waals surface area contributed by atoms with Gasteiger partial charge in [0.15, 0.2) is 0 Å². The standard InChI is InChI=1S/C16H32S/c1-4-14(13-15(17)5-2)16(3)11-9-7-6-8-10-12-16/h14-15,17H,4-13H2,1-3H3. The van der Waals surface area contributed by atoms with Gasteiger partial charge in [-0.25, -0.2) is 0 Å². The van der Waals surface area contributed by atoms with Gasteiger partial charge >= 0.3 is 0 Å². The normalized spacial score (nSPS) is 24.7. The first-order valence-electron chi connectivity index (χ1n) is 7.80. The summed E-state index contributed by atoms with van der Waals surface area (Å²) in [5.74, 6) is 0.892. The molecule has 0 amide bonds. The average molecular weight is 256 g/mol. The van der Waals surface area contributed by atoms with Crippen LogP contribution in [0.2, 0.25) is 0 Å². The largest absolute Gasteiger partial charge is 0.176 e. The van der Waals surface area contributed by atoms with E-state index in [0.29, 0.717) is 10.7 Å². The molecule has 1 rings (SSSR count). The van der Waals surface area contributed by atoms with Gasteiger partial charge in [0.25, 0.3) is 0 Å². The minimum atomic E-state index is 0.602. The van der Waals surface area contributed by atoms with E-state index in [0.717, 1.165) is 5.92 Å². The van der Waals surface area contributed by atoms with Crippen molar-refractivity contribution in [1.29, 1.82) is 0 Å². The lowest BCUT2D eigenvalue weighted by Gasteiger charge is -2.40. The SMILES string of the molecule is CCC(S)CC(CC)C1(C)CCCCCCC1. The summed E-state index contributed by atoms with van der Waals surface area (Å²) < 4.78 is 0. The van der Waals surface area contributed by atoms with Crippen molar-refractivity contribution < 1.29 is 0 Å². The lowest BCUT2D eigenvalue weighted by Crippen LogP contribution is -2.30. The molecule has 0 N–H and O–H groups in total. The second kappa shape index (κ2) is 7.71. The van der Waals surface area contributed by atoms with E-state index in [4.69, 9.17) is 12.6 Å². The van der Waals surface area contributed by atoms with Crippen LogP contribution in [-0.2, 0) is 0 Å². The maximum atomic E-state index is 4.73. The Labute approximate surface area is 114 Å². The fraction of sp³-hybridized carbons (Fsp3) is 1.00. The number of rotatable bonds is 5. The molecule has 0 saturated heterocycles. The lowest BCUT2D eigenvalue weighted by atomic mass is 9.66. The molecule has 0 spiro atoms. The molecule has 0 aromatic rings. The van der Waals surface area contributed by atoms with Crippen molar-refractivity contribution >= 4 is 12.6 Å². The second-order valence-electron chi connectivity index (χ2n) is 6.32. The zero-order valence-electron chi connectivity index (χ0n) is 12.2. The van der Waals surface area contributed by atoms with E-state index in [1.54, 1.807) is 0 Å². The van der Waals surface area contributed by atoms with Gasteiger partial charge in [-0.05, 0) is 37.0 Å². The Hall–Kier alpha value is 0.350. The van der Waals surface area contributed by atoms with E-state index in [-0.39, 0.29) is 0 Å². The van der Waals surface area contributed by atoms with E-state index in [2.05, 4.69) is 20.8 Å². The minimum Gasteiger partial charge on any atom is -0.176 e. The molecule has 0 nitrogen and oxygen atoms in total. The van der Waals surface area contributed by atoms with Gasteiger partial charge in [-0.2, -0.15) is 12.6 Å². The van der Waals surface area contributed by atoms with Crippen LogP contribution in [0.4, 0.5) is 0 Å². The molecular weight excluding hydrogens is 224 g/mol. The lowest BCUT2D eigenvalue weighted by molar-refractivity contribution is 0.121. The smallest absolute Gasteiger partial charge is 0.00170 e. The molecular formula is C16H32S. The molecule has 1 aliphatic rings. The van der Waals surface area contributed by atoms with Crippen molar-refractivity contribution in [2.75, 3.05) is 0 Å². The summed E-state index contributed by atoms with van der Waals surface area (Å²) in [6.07, 6.45) is 14.1. The Morgan fingerprint density at radius 3 is 1.94 bits per heavy atom. The Bertz CT molecular complexity index is 192. The van der Waals surface area contributed by atoms with E-state index in [1.807, 2.05) is 0 Å². The highest BCUT2D eigenvalue weighted by Crippen LogP contribution is 2.44. The van der Waals surface area contributed by atoms with Crippen molar-refractivity contribution in [1.82, 2.24) is 0 Å². The van der Waals surface area contributed by atoms with E-state index in [1.165, 1.54) is 64.2 Å². The van der Waals surface area contributed by atoms with Crippen LogP contribution in [0.1, 0.15) is 85.0 Å². The van der Waals surface area contributed by atoms with Crippen molar-refractivity contribution in [3.63, 3.8) is 0 Å². The zero-order chi connectivity index (χ0) is 12.7. The van der Waals surface area contributed by atoms with Gasteiger partial charge in [-0.3, -0.25) is 0 Å². The second-order valence-corrected chi connectivity index (χ2v) is 7.06. The first kappa shape index (κ1) is 15.4. The van der Waals surface area contributed by atoms with Crippen molar-refractivity contribution in [2.45, 2.75) is 90.2 Å². The molecule has 0 bridgehead atoms. The average Bonchev–Trinajstić information content (AvgIpc) is 2.30. The molecule has 0 heterocycles. The van der Waals surface area contributed by atoms with Crippen molar-refractivity contribution in [3.05, 3.63) is 0 Å². The highest BCUT2D eigenvalue weighted by atomic mass is 32.1. The van der Waals surface area contributed by atoms with Crippen LogP contribution in [0.15, 0.2) is 0 Å². The van der Waals surface area contributed by atoms with Crippen LogP contribution in [-0.4, -0.2) is 5.25 Å². The van der Waals surface area contributed by atoms with Gasteiger partial charge in [0, 0.05) is 5.25 Å². The molecule has 1 heteroatoms. The summed E-state index contributed by atoms with van der Waals surface area (Å²) in [5, 5.41) is 0.613. The van der Waals surface area contributed by atoms with Gasteiger partial charge in [-0.15, -0.1) is 0 Å². The summed E-state index contributed by atoms with van der Waals surface area (Å²) >= 11 is 4.73. The molecule has 1 saturated carbocycles. The van der Waals surface area contributed by atoms with Crippen molar-refractivity contribution in [3.8, 4) is 0 Å². The maximum Gasteiger partial charge on any atom is 0.00170 e. The van der Waals surface area contributed by atoms with Crippen LogP contribution in [0.3, 0.4) is 0 Å². The van der Waals surface area contributed by atoms with E-state index in [9.17, 15) is 0 Å². The van der Waals surface area contributed by atoms with E-state index >= 15 is 0 Å². The summed E-state index contributed by atoms with van der Waals surface area (Å²) in [6.45, 7) is 7.21. The predicted molar refractivity (Wildman–Crippen MR) is 81.9 cm³/mol. The van der Waals surface area contributed by atoms with Gasteiger partial charge in [0.2, 0.25) is 0 Å². The first-order valence-corrected chi connectivity index (χ1v) is 8.32. The maximum absolute atomic E-state index is 4.73. The monoisotopic (exact) mass is 256 g/mol. The van der Waals surface area contributed by atoms with Gasteiger partial charge in [-0.1, -0.05) is 59.3 Å². The quantitative estimate of drug-likeness (QED) is 0.585. The molecule has 102 valence electrons. The van der Waals surface area contributed by atoms with Gasteiger partial charge < -0.3 is 0 Å². The zero-order valence-corrected chi connectivity index (χ0v) is 13.1. The Morgan fingerprint density at radius 2 is 1.47 bits per heavy atom. The molecule has 0 aromatic heterocycles. The molecule has 17 heavy (non-hydrogen) atoms. The summed E-state index contributed by atoms with van der Waals surface area (Å²) in [4.78, 5) is 0. The topological polar surface area (TPSA) is 0 Å². The Morgan fingerprint density at radius 1 is 0.941 bits per heavy atom. The van der Waals surface area contributed by atoms with E-state index < -0.39 is 0 Å². The Kier molecular flexibility index (Phi) is 6.99. The minimum absolute atomic E-state index is 0.602. The van der Waals surface area contributed by atoms with Crippen LogP contribution >= 0.6 is 12.6 Å². The molecule has 1 fully saturated rings. The highest BCUT2D eigenvalue weighted by molar-refractivity contribution is 7.80. The first-order chi connectivity index (χ1) is 8.12. The summed E-state index contributed by atoms with van der Waals surface area (Å²) in [6, 6.07) is 0. The number of thiol groups is 1. The third-order valence-electron chi connectivity index (χ3n) is 5.00. The fourth-order valence-corrected chi connectivity index (χ4v) is 3.81. The molecule has 2 unspecified atom stereocenters. The Balaban J connectivity index is 2.61. The molecule has 0 aliphatic heterocycles. The van der Waals surface area contributed by atoms with Crippen LogP contribution in [0, 0.1) is 11.3 Å². The molecule has 0 radical (unpaired) electrons. The van der Waals surface area contributed by atoms with Crippen LogP contribution in [0.25, 0.3) is 0 Å². The number of hydrogen-bond acceptors (Lipinski definition) is 1. The third kappa shape index (κ3) is 4.85. The molecule has 1 aliphatic carbocycles. The predicted octanol–water partition coefficient (Wildman–Crippen LogP) is 5.86. The van der Waals surface area contributed by atoms with Gasteiger partial charge in [0.05, 0.1) is 0 Å². The van der Waals surface area contributed by atoms with Gasteiger partial charge in [0.1, 0.15) is 0 Å². The third-order valence-corrected chi connectivity index (χ3v) is 5.58. The number of hydrogen-bond donors (Lipinski definition) is 1. The highest BCUT2D eigenvalue weighted by Gasteiger charge is 2.33. The van der Waals surface area contributed by atoms with Crippen LogP contribution < -0.4 is 0 Å². The van der Waals surface area contributed by atoms with Crippen LogP contribution in [0.5, 0.6) is 0 Å². The summed E-state index contributed by atoms with van der Waals surface area (Å²) in [5.41, 5.74) is 0.602. The van der Waals surface area contributed by atoms with Crippen molar-refractivity contribution in [2.24, 2.45) is 11.3 Å². The summed E-state index contributed by atoms with van der Waals surface area (Å²) in [7, 11) is 0.